The van der Waals surface area contributed by atoms with E-state index in [4.69, 9.17) is 4.74 Å². The molecular weight excluding hydrogens is 361 g/mol. The molecule has 0 spiro atoms. The fourth-order valence-corrected chi connectivity index (χ4v) is 3.32. The minimum absolute atomic E-state index is 0.148. The van der Waals surface area contributed by atoms with E-state index in [0.29, 0.717) is 0 Å². The van der Waals surface area contributed by atoms with Crippen LogP contribution in [0.4, 0.5) is 13.2 Å². The van der Waals surface area contributed by atoms with Crippen LogP contribution >= 0.6 is 0 Å². The lowest BCUT2D eigenvalue weighted by molar-refractivity contribution is -0.138. The Morgan fingerprint density at radius 1 is 1.30 bits per heavy atom. The number of alkyl halides is 3. The van der Waals surface area contributed by atoms with Gasteiger partial charge in [0.05, 0.1) is 23.9 Å². The molecule has 0 radical (unpaired) electrons. The first-order valence-corrected chi connectivity index (χ1v) is 8.58. The van der Waals surface area contributed by atoms with Gasteiger partial charge < -0.3 is 4.74 Å². The highest BCUT2D eigenvalue weighted by molar-refractivity contribution is 6.16. The van der Waals surface area contributed by atoms with Gasteiger partial charge in [-0.1, -0.05) is 25.0 Å². The van der Waals surface area contributed by atoms with Crippen LogP contribution in [-0.2, 0) is 15.7 Å². The summed E-state index contributed by atoms with van der Waals surface area (Å²) >= 11 is 0. The summed E-state index contributed by atoms with van der Waals surface area (Å²) in [5, 5.41) is 10.7. The molecule has 1 saturated carbocycles. The Balaban J connectivity index is 2.12. The van der Waals surface area contributed by atoms with Crippen molar-refractivity contribution in [1.82, 2.24) is 20.2 Å². The fraction of sp³-hybridized carbons (Fsp3) is 0.444. The second-order valence-corrected chi connectivity index (χ2v) is 6.48. The van der Waals surface area contributed by atoms with Crippen LogP contribution in [0.5, 0.6) is 0 Å². The quantitative estimate of drug-likeness (QED) is 0.597. The maximum absolute atomic E-state index is 13.7. The Morgan fingerprint density at radius 2 is 2.00 bits per heavy atom. The predicted octanol–water partition coefficient (Wildman–Crippen LogP) is 3.74. The van der Waals surface area contributed by atoms with E-state index in [9.17, 15) is 18.0 Å². The van der Waals surface area contributed by atoms with Crippen LogP contribution in [0.1, 0.15) is 42.6 Å². The van der Waals surface area contributed by atoms with Gasteiger partial charge in [0.25, 0.3) is 0 Å². The molecule has 144 valence electrons. The first kappa shape index (κ1) is 19.1. The number of hydrogen-bond acceptors (Lipinski definition) is 5. The molecule has 27 heavy (non-hydrogen) atoms. The highest BCUT2D eigenvalue weighted by atomic mass is 19.4. The van der Waals surface area contributed by atoms with E-state index in [-0.39, 0.29) is 28.6 Å². The number of nitrogens with zero attached hydrogens (tertiary/aromatic N) is 4. The largest absolute Gasteiger partial charge is 0.465 e. The molecule has 1 heterocycles. The Hall–Kier alpha value is -2.71. The van der Waals surface area contributed by atoms with E-state index in [1.165, 1.54) is 26.2 Å². The molecule has 0 N–H and O–H groups in total. The van der Waals surface area contributed by atoms with Crippen LogP contribution in [0.3, 0.4) is 0 Å². The number of carbonyl (C=O) groups is 1. The monoisotopic (exact) mass is 380 g/mol. The van der Waals surface area contributed by atoms with Gasteiger partial charge in [0.1, 0.15) is 0 Å². The summed E-state index contributed by atoms with van der Waals surface area (Å²) in [6, 6.07) is 3.69. The van der Waals surface area contributed by atoms with E-state index in [0.717, 1.165) is 36.4 Å². The number of methoxy groups -OCH3 is 1. The lowest BCUT2D eigenvalue weighted by Crippen LogP contribution is -2.14. The van der Waals surface area contributed by atoms with Gasteiger partial charge in [0.2, 0.25) is 0 Å². The molecule has 0 saturated heterocycles. The lowest BCUT2D eigenvalue weighted by atomic mass is 9.96. The number of allylic oxidation sites excluding steroid dienone is 1. The number of halogens is 3. The SMILES string of the molecule is COC(=O)/C(=C/C1CCCC1)c1ccc(-n2nnnc2C)c(C(F)(F)F)c1. The zero-order valence-corrected chi connectivity index (χ0v) is 15.0. The van der Waals surface area contributed by atoms with Crippen molar-refractivity contribution < 1.29 is 22.7 Å². The normalized spacial score (nSPS) is 16.0. The standard InChI is InChI=1S/C18H19F3N4O2/c1-11-22-23-24-25(11)16-8-7-13(10-15(16)18(19,20)21)14(17(26)27-2)9-12-5-3-4-6-12/h7-10,12H,3-6H2,1-2H3/b14-9+. The summed E-state index contributed by atoms with van der Waals surface area (Å²) in [5.74, 6) is -0.265. The van der Waals surface area contributed by atoms with E-state index >= 15 is 0 Å². The third kappa shape index (κ3) is 4.01. The smallest absolute Gasteiger partial charge is 0.418 e. The minimum Gasteiger partial charge on any atom is -0.465 e. The average molecular weight is 380 g/mol. The van der Waals surface area contributed by atoms with Crippen LogP contribution in [0.15, 0.2) is 24.3 Å². The predicted molar refractivity (Wildman–Crippen MR) is 90.8 cm³/mol. The summed E-state index contributed by atoms with van der Waals surface area (Å²) in [4.78, 5) is 12.2. The van der Waals surface area contributed by atoms with Crippen LogP contribution < -0.4 is 0 Å². The highest BCUT2D eigenvalue weighted by Crippen LogP contribution is 2.37. The van der Waals surface area contributed by atoms with Gasteiger partial charge in [-0.15, -0.1) is 5.10 Å². The molecule has 2 aromatic rings. The average Bonchev–Trinajstić information content (AvgIpc) is 3.29. The molecule has 1 fully saturated rings. The molecule has 0 atom stereocenters. The van der Waals surface area contributed by atoms with Crippen molar-refractivity contribution in [2.75, 3.05) is 7.11 Å². The number of benzene rings is 1. The Bertz CT molecular complexity index is 868. The molecule has 1 aromatic carbocycles. The van der Waals surface area contributed by atoms with Crippen molar-refractivity contribution in [1.29, 1.82) is 0 Å². The number of hydrogen-bond donors (Lipinski definition) is 0. The van der Waals surface area contributed by atoms with Crippen molar-refractivity contribution in [3.05, 3.63) is 41.2 Å². The second kappa shape index (κ2) is 7.50. The molecule has 1 aliphatic carbocycles. The van der Waals surface area contributed by atoms with Gasteiger partial charge in [-0.2, -0.15) is 17.9 Å². The van der Waals surface area contributed by atoms with Gasteiger partial charge in [0, 0.05) is 0 Å². The van der Waals surface area contributed by atoms with Crippen LogP contribution in [0.2, 0.25) is 0 Å². The fourth-order valence-electron chi connectivity index (χ4n) is 3.32. The maximum Gasteiger partial charge on any atom is 0.418 e. The van der Waals surface area contributed by atoms with Crippen molar-refractivity contribution in [2.24, 2.45) is 5.92 Å². The van der Waals surface area contributed by atoms with Crippen molar-refractivity contribution >= 4 is 11.5 Å². The summed E-state index contributed by atoms with van der Waals surface area (Å²) in [7, 11) is 1.22. The third-order valence-electron chi connectivity index (χ3n) is 4.67. The van der Waals surface area contributed by atoms with Crippen LogP contribution in [0, 0.1) is 12.8 Å². The highest BCUT2D eigenvalue weighted by Gasteiger charge is 2.35. The molecule has 0 amide bonds. The maximum atomic E-state index is 13.7. The third-order valence-corrected chi connectivity index (χ3v) is 4.67. The van der Waals surface area contributed by atoms with Gasteiger partial charge in [-0.25, -0.2) is 4.79 Å². The molecular formula is C18H19F3N4O2. The van der Waals surface area contributed by atoms with Gasteiger partial charge >= 0.3 is 12.1 Å². The number of tetrazole rings is 1. The van der Waals surface area contributed by atoms with Crippen molar-refractivity contribution in [3.63, 3.8) is 0 Å². The van der Waals surface area contributed by atoms with E-state index in [1.54, 1.807) is 6.08 Å². The molecule has 6 nitrogen and oxygen atoms in total. The van der Waals surface area contributed by atoms with Crippen molar-refractivity contribution in [3.8, 4) is 5.69 Å². The summed E-state index contributed by atoms with van der Waals surface area (Å²) in [6.07, 6.45) is 1.000. The van der Waals surface area contributed by atoms with E-state index in [2.05, 4.69) is 15.5 Å². The first-order chi connectivity index (χ1) is 12.8. The number of esters is 1. The second-order valence-electron chi connectivity index (χ2n) is 6.48. The molecule has 0 aliphatic heterocycles. The molecule has 3 rings (SSSR count). The number of ether oxygens (including phenoxy) is 1. The van der Waals surface area contributed by atoms with Crippen LogP contribution in [0.25, 0.3) is 11.3 Å². The number of aromatic nitrogens is 4. The summed E-state index contributed by atoms with van der Waals surface area (Å²) < 4.78 is 46.9. The Kier molecular flexibility index (Phi) is 5.29. The number of aryl methyl sites for hydroxylation is 1. The first-order valence-electron chi connectivity index (χ1n) is 8.58. The van der Waals surface area contributed by atoms with Gasteiger partial charge in [0.15, 0.2) is 5.82 Å². The topological polar surface area (TPSA) is 69.9 Å². The molecule has 0 unspecified atom stereocenters. The van der Waals surface area contributed by atoms with Crippen LogP contribution in [-0.4, -0.2) is 33.3 Å². The number of carbonyl (C=O) groups excluding carboxylic acids is 1. The zero-order chi connectivity index (χ0) is 19.6. The molecule has 9 heteroatoms. The van der Waals surface area contributed by atoms with Gasteiger partial charge in [-0.3, -0.25) is 0 Å². The van der Waals surface area contributed by atoms with Gasteiger partial charge in [-0.05, 0) is 53.8 Å². The Morgan fingerprint density at radius 3 is 2.56 bits per heavy atom. The molecule has 1 aromatic heterocycles. The summed E-state index contributed by atoms with van der Waals surface area (Å²) in [6.45, 7) is 1.51. The Labute approximate surface area is 154 Å². The van der Waals surface area contributed by atoms with E-state index in [1.807, 2.05) is 0 Å². The van der Waals surface area contributed by atoms with Crippen molar-refractivity contribution in [2.45, 2.75) is 38.8 Å². The summed E-state index contributed by atoms with van der Waals surface area (Å²) in [5.41, 5.74) is -0.805. The lowest BCUT2D eigenvalue weighted by Gasteiger charge is -2.16. The number of rotatable bonds is 4. The minimum atomic E-state index is -4.64. The zero-order valence-electron chi connectivity index (χ0n) is 15.0. The van der Waals surface area contributed by atoms with E-state index < -0.39 is 17.7 Å². The molecule has 1 aliphatic rings. The molecule has 0 bridgehead atoms.